The average molecular weight is 485 g/mol. The third kappa shape index (κ3) is 6.60. The zero-order valence-corrected chi connectivity index (χ0v) is 19.2. The van der Waals surface area contributed by atoms with Gasteiger partial charge in [0.15, 0.2) is 0 Å². The van der Waals surface area contributed by atoms with E-state index in [4.69, 9.17) is 9.90 Å². The van der Waals surface area contributed by atoms with Gasteiger partial charge in [-0.25, -0.2) is 9.59 Å². The summed E-state index contributed by atoms with van der Waals surface area (Å²) in [5.41, 5.74) is 0.919. The predicted molar refractivity (Wildman–Crippen MR) is 117 cm³/mol. The minimum atomic E-state index is -5.08. The van der Waals surface area contributed by atoms with Gasteiger partial charge in [0.25, 0.3) is 0 Å². The molecule has 2 unspecified atom stereocenters. The molecule has 2 aliphatic carbocycles. The third-order valence-electron chi connectivity index (χ3n) is 6.84. The van der Waals surface area contributed by atoms with Crippen molar-refractivity contribution in [2.24, 2.45) is 11.3 Å². The van der Waals surface area contributed by atoms with Gasteiger partial charge < -0.3 is 20.2 Å². The minimum Gasteiger partial charge on any atom is -0.475 e. The smallest absolute Gasteiger partial charge is 0.475 e. The van der Waals surface area contributed by atoms with Gasteiger partial charge in [0, 0.05) is 43.7 Å². The fraction of sp³-hybridized carbons (Fsp3) is 0.652. The monoisotopic (exact) mass is 484 g/mol. The molecular formula is C23H31F3N4O4. The second-order valence-electron chi connectivity index (χ2n) is 9.39. The van der Waals surface area contributed by atoms with Gasteiger partial charge in [0.2, 0.25) is 5.91 Å². The quantitative estimate of drug-likeness (QED) is 0.682. The number of aliphatic carboxylic acids is 1. The van der Waals surface area contributed by atoms with Crippen LogP contribution in [0.15, 0.2) is 24.4 Å². The second kappa shape index (κ2) is 10.6. The van der Waals surface area contributed by atoms with Crippen molar-refractivity contribution in [2.75, 3.05) is 20.1 Å². The van der Waals surface area contributed by atoms with Gasteiger partial charge in [-0.15, -0.1) is 0 Å². The highest BCUT2D eigenvalue weighted by Gasteiger charge is 2.62. The summed E-state index contributed by atoms with van der Waals surface area (Å²) in [6.07, 6.45) is 4.45. The molecule has 0 radical (unpaired) electrons. The van der Waals surface area contributed by atoms with E-state index >= 15 is 0 Å². The van der Waals surface area contributed by atoms with Gasteiger partial charge in [-0.2, -0.15) is 13.2 Å². The Morgan fingerprint density at radius 2 is 1.91 bits per heavy atom. The van der Waals surface area contributed by atoms with Crippen LogP contribution >= 0.6 is 0 Å². The molecule has 188 valence electrons. The first-order valence-corrected chi connectivity index (χ1v) is 11.5. The van der Waals surface area contributed by atoms with Crippen LogP contribution in [-0.2, 0) is 16.1 Å². The number of nitrogens with one attached hydrogen (secondary N) is 1. The van der Waals surface area contributed by atoms with Gasteiger partial charge in [-0.1, -0.05) is 25.3 Å². The number of halogens is 3. The first-order valence-electron chi connectivity index (χ1n) is 11.5. The molecule has 1 aromatic heterocycles. The zero-order valence-electron chi connectivity index (χ0n) is 19.2. The summed E-state index contributed by atoms with van der Waals surface area (Å²) in [7, 11) is 1.85. The Labute approximate surface area is 196 Å². The molecule has 11 heteroatoms. The van der Waals surface area contributed by atoms with Crippen molar-refractivity contribution in [3.63, 3.8) is 0 Å². The van der Waals surface area contributed by atoms with Gasteiger partial charge in [-0.05, 0) is 37.8 Å². The molecule has 0 aromatic carbocycles. The fourth-order valence-corrected chi connectivity index (χ4v) is 4.81. The van der Waals surface area contributed by atoms with E-state index in [2.05, 4.69) is 10.3 Å². The molecule has 1 aromatic rings. The average Bonchev–Trinajstić information content (AvgIpc) is 3.32. The Kier molecular flexibility index (Phi) is 8.04. The largest absolute Gasteiger partial charge is 0.490 e. The number of carboxylic acid groups (broad SMARTS) is 1. The number of hydrogen-bond donors (Lipinski definition) is 2. The lowest BCUT2D eigenvalue weighted by Crippen LogP contribution is -2.44. The maximum atomic E-state index is 12.8. The SMILES string of the molecule is CN(Cc1ccccn1)C(=O)C1CC12CCN(C(=O)NC1CCCCC1)C2.O=C(O)C(F)(F)F. The maximum Gasteiger partial charge on any atom is 0.490 e. The molecule has 2 saturated carbocycles. The van der Waals surface area contributed by atoms with Crippen LogP contribution in [0.25, 0.3) is 0 Å². The van der Waals surface area contributed by atoms with Crippen LogP contribution in [0.1, 0.15) is 50.6 Å². The number of carbonyl (C=O) groups is 3. The molecule has 3 aliphatic rings. The summed E-state index contributed by atoms with van der Waals surface area (Å²) < 4.78 is 31.7. The number of carboxylic acids is 1. The second-order valence-corrected chi connectivity index (χ2v) is 9.39. The highest BCUT2D eigenvalue weighted by molar-refractivity contribution is 5.83. The molecule has 0 bridgehead atoms. The molecule has 1 spiro atoms. The summed E-state index contributed by atoms with van der Waals surface area (Å²) >= 11 is 0. The van der Waals surface area contributed by atoms with Crippen LogP contribution in [-0.4, -0.2) is 70.2 Å². The Morgan fingerprint density at radius 3 is 2.50 bits per heavy atom. The molecule has 1 saturated heterocycles. The van der Waals surface area contributed by atoms with E-state index in [9.17, 15) is 22.8 Å². The van der Waals surface area contributed by atoms with Crippen molar-refractivity contribution in [1.29, 1.82) is 0 Å². The Morgan fingerprint density at radius 1 is 1.24 bits per heavy atom. The fourth-order valence-electron chi connectivity index (χ4n) is 4.81. The van der Waals surface area contributed by atoms with E-state index in [0.717, 1.165) is 44.5 Å². The van der Waals surface area contributed by atoms with Crippen molar-refractivity contribution in [1.82, 2.24) is 20.1 Å². The molecule has 2 atom stereocenters. The number of hydrogen-bond acceptors (Lipinski definition) is 4. The van der Waals surface area contributed by atoms with Gasteiger partial charge >= 0.3 is 18.2 Å². The Balaban J connectivity index is 0.000000406. The molecule has 8 nitrogen and oxygen atoms in total. The van der Waals surface area contributed by atoms with Crippen LogP contribution < -0.4 is 5.32 Å². The van der Waals surface area contributed by atoms with E-state index in [1.165, 1.54) is 19.3 Å². The number of aromatic nitrogens is 1. The number of rotatable bonds is 4. The number of carbonyl (C=O) groups excluding carboxylic acids is 2. The van der Waals surface area contributed by atoms with E-state index < -0.39 is 12.1 Å². The minimum absolute atomic E-state index is 0.0133. The first kappa shape index (κ1) is 25.8. The molecule has 3 amide bonds. The normalized spacial score (nSPS) is 24.2. The molecule has 4 rings (SSSR count). The summed E-state index contributed by atoms with van der Waals surface area (Å²) in [5, 5.41) is 10.3. The van der Waals surface area contributed by atoms with Crippen molar-refractivity contribution in [3.05, 3.63) is 30.1 Å². The lowest BCUT2D eigenvalue weighted by Gasteiger charge is -2.26. The van der Waals surface area contributed by atoms with Gasteiger partial charge in [-0.3, -0.25) is 9.78 Å². The van der Waals surface area contributed by atoms with Crippen molar-refractivity contribution in [3.8, 4) is 0 Å². The van der Waals surface area contributed by atoms with Gasteiger partial charge in [0.1, 0.15) is 0 Å². The predicted octanol–water partition coefficient (Wildman–Crippen LogP) is 3.43. The van der Waals surface area contributed by atoms with Crippen LogP contribution in [0.2, 0.25) is 0 Å². The van der Waals surface area contributed by atoms with Crippen LogP contribution in [0.3, 0.4) is 0 Å². The zero-order chi connectivity index (χ0) is 24.9. The highest BCUT2D eigenvalue weighted by atomic mass is 19.4. The summed E-state index contributed by atoms with van der Waals surface area (Å²) in [6, 6.07) is 6.17. The van der Waals surface area contributed by atoms with E-state index in [1.807, 2.05) is 30.1 Å². The summed E-state index contributed by atoms with van der Waals surface area (Å²) in [4.78, 5) is 42.4. The number of nitrogens with zero attached hydrogens (tertiary/aromatic N) is 3. The lowest BCUT2D eigenvalue weighted by molar-refractivity contribution is -0.192. The van der Waals surface area contributed by atoms with E-state index in [1.54, 1.807) is 11.1 Å². The van der Waals surface area contributed by atoms with E-state index in [0.29, 0.717) is 12.6 Å². The maximum absolute atomic E-state index is 12.8. The molecule has 3 fully saturated rings. The Bertz CT molecular complexity index is 877. The number of amides is 3. The lowest BCUT2D eigenvalue weighted by atomic mass is 9.96. The van der Waals surface area contributed by atoms with Crippen molar-refractivity contribution >= 4 is 17.9 Å². The van der Waals surface area contributed by atoms with Crippen LogP contribution in [0.5, 0.6) is 0 Å². The molecule has 2 N–H and O–H groups in total. The molecular weight excluding hydrogens is 453 g/mol. The Hall–Kier alpha value is -2.85. The first-order chi connectivity index (χ1) is 16.0. The van der Waals surface area contributed by atoms with E-state index in [-0.39, 0.29) is 23.3 Å². The highest BCUT2D eigenvalue weighted by Crippen LogP contribution is 2.59. The third-order valence-corrected chi connectivity index (χ3v) is 6.84. The topological polar surface area (TPSA) is 103 Å². The number of urea groups is 1. The number of likely N-dealkylation sites (tertiary alicyclic amines) is 1. The van der Waals surface area contributed by atoms with Crippen LogP contribution in [0, 0.1) is 11.3 Å². The number of pyridine rings is 1. The molecule has 2 heterocycles. The van der Waals surface area contributed by atoms with Gasteiger partial charge in [0.05, 0.1) is 12.2 Å². The number of alkyl halides is 3. The summed E-state index contributed by atoms with van der Waals surface area (Å²) in [6.45, 7) is 2.03. The standard InChI is InChI=1S/C21H30N4O2.C2HF3O2/c1-24(14-17-9-5-6-11-22-17)19(26)18-13-21(18)10-12-25(15-21)20(27)23-16-7-3-2-4-8-16;3-2(4,5)1(6)7/h5-6,9,11,16,18H,2-4,7-8,10,12-15H2,1H3,(H,23,27);(H,6,7). The van der Waals surface area contributed by atoms with Crippen molar-refractivity contribution < 1.29 is 32.7 Å². The van der Waals surface area contributed by atoms with Crippen molar-refractivity contribution in [2.45, 2.75) is 63.7 Å². The molecule has 34 heavy (non-hydrogen) atoms. The molecule has 1 aliphatic heterocycles. The summed E-state index contributed by atoms with van der Waals surface area (Å²) in [5.74, 6) is -2.51. The van der Waals surface area contributed by atoms with Crippen LogP contribution in [0.4, 0.5) is 18.0 Å².